The molecule has 0 N–H and O–H groups in total. The zero-order valence-corrected chi connectivity index (χ0v) is 14.2. The van der Waals surface area contributed by atoms with Gasteiger partial charge in [0.15, 0.2) is 0 Å². The molecule has 0 aromatic heterocycles. The van der Waals surface area contributed by atoms with E-state index in [2.05, 4.69) is 0 Å². The number of hydrogen-bond acceptors (Lipinski definition) is 3. The van der Waals surface area contributed by atoms with Crippen LogP contribution >= 0.6 is 34.8 Å². The highest BCUT2D eigenvalue weighted by atomic mass is 35.5. The van der Waals surface area contributed by atoms with Crippen molar-refractivity contribution in [3.63, 3.8) is 0 Å². The van der Waals surface area contributed by atoms with E-state index in [9.17, 15) is 14.9 Å². The lowest BCUT2D eigenvalue weighted by Crippen LogP contribution is -2.27. The molecule has 0 aliphatic rings. The highest BCUT2D eigenvalue weighted by Gasteiger charge is 2.23. The molecule has 2 aromatic carbocycles. The van der Waals surface area contributed by atoms with Crippen molar-refractivity contribution >= 4 is 46.4 Å². The van der Waals surface area contributed by atoms with Crippen LogP contribution in [0.1, 0.15) is 15.9 Å². The maximum absolute atomic E-state index is 12.5. The van der Waals surface area contributed by atoms with Crippen LogP contribution in [0, 0.1) is 10.1 Å². The first-order chi connectivity index (χ1) is 10.8. The third-order valence-corrected chi connectivity index (χ3v) is 3.98. The Morgan fingerprint density at radius 3 is 2.35 bits per heavy atom. The predicted molar refractivity (Wildman–Crippen MR) is 90.4 cm³/mol. The molecule has 0 unspecified atom stereocenters. The van der Waals surface area contributed by atoms with Crippen molar-refractivity contribution in [3.05, 3.63) is 72.7 Å². The second-order valence-corrected chi connectivity index (χ2v) is 6.10. The topological polar surface area (TPSA) is 63.5 Å². The number of nitrogens with zero attached hydrogens (tertiary/aromatic N) is 2. The van der Waals surface area contributed by atoms with Crippen LogP contribution in [-0.2, 0) is 6.54 Å². The average Bonchev–Trinajstić information content (AvgIpc) is 2.49. The number of rotatable bonds is 4. The zero-order valence-electron chi connectivity index (χ0n) is 11.9. The van der Waals surface area contributed by atoms with Crippen LogP contribution in [0.4, 0.5) is 5.69 Å². The minimum absolute atomic E-state index is 0.0352. The summed E-state index contributed by atoms with van der Waals surface area (Å²) in [5.74, 6) is -0.501. The summed E-state index contributed by atoms with van der Waals surface area (Å²) in [4.78, 5) is 24.3. The number of benzene rings is 2. The van der Waals surface area contributed by atoms with Gasteiger partial charge in [-0.3, -0.25) is 14.9 Å². The normalized spacial score (nSPS) is 10.4. The van der Waals surface area contributed by atoms with Crippen LogP contribution in [0.15, 0.2) is 36.4 Å². The molecule has 2 aromatic rings. The van der Waals surface area contributed by atoms with Gasteiger partial charge >= 0.3 is 0 Å². The van der Waals surface area contributed by atoms with Crippen LogP contribution in [0.3, 0.4) is 0 Å². The van der Waals surface area contributed by atoms with Crippen molar-refractivity contribution in [2.45, 2.75) is 6.54 Å². The third-order valence-electron chi connectivity index (χ3n) is 3.16. The minimum Gasteiger partial charge on any atom is -0.337 e. The molecule has 0 atom stereocenters. The summed E-state index contributed by atoms with van der Waals surface area (Å²) in [6, 6.07) is 8.85. The molecule has 0 saturated carbocycles. The first-order valence-corrected chi connectivity index (χ1v) is 7.56. The fourth-order valence-corrected chi connectivity index (χ4v) is 2.65. The lowest BCUT2D eigenvalue weighted by molar-refractivity contribution is -0.385. The standard InChI is InChI=1S/C15H11Cl3N2O3/c1-19(8-9-2-3-10(16)6-13(9)18)15(21)12-5-4-11(17)7-14(12)20(22)23/h2-7H,8H2,1H3. The number of nitro benzene ring substituents is 1. The van der Waals surface area contributed by atoms with Gasteiger partial charge in [-0.25, -0.2) is 0 Å². The highest BCUT2D eigenvalue weighted by Crippen LogP contribution is 2.26. The quantitative estimate of drug-likeness (QED) is 0.569. The van der Waals surface area contributed by atoms with Crippen molar-refractivity contribution in [1.29, 1.82) is 0 Å². The second kappa shape index (κ2) is 7.17. The second-order valence-electron chi connectivity index (χ2n) is 4.82. The SMILES string of the molecule is CN(Cc1ccc(Cl)cc1Cl)C(=O)c1ccc(Cl)cc1[N+](=O)[O-]. The lowest BCUT2D eigenvalue weighted by Gasteiger charge is -2.18. The van der Waals surface area contributed by atoms with E-state index in [-0.39, 0.29) is 22.8 Å². The van der Waals surface area contributed by atoms with Gasteiger partial charge in [0.05, 0.1) is 4.92 Å². The summed E-state index contributed by atoms with van der Waals surface area (Å²) in [6.07, 6.45) is 0. The Kier molecular flexibility index (Phi) is 5.46. The van der Waals surface area contributed by atoms with E-state index in [1.165, 1.54) is 24.1 Å². The number of hydrogen-bond donors (Lipinski definition) is 0. The smallest absolute Gasteiger partial charge is 0.283 e. The molecule has 0 fully saturated rings. The molecule has 1 amide bonds. The van der Waals surface area contributed by atoms with Gasteiger partial charge in [-0.1, -0.05) is 40.9 Å². The summed E-state index contributed by atoms with van der Waals surface area (Å²) < 4.78 is 0. The van der Waals surface area contributed by atoms with E-state index >= 15 is 0 Å². The van der Waals surface area contributed by atoms with E-state index in [1.807, 2.05) is 0 Å². The van der Waals surface area contributed by atoms with Crippen molar-refractivity contribution < 1.29 is 9.72 Å². The Bertz CT molecular complexity index is 781. The highest BCUT2D eigenvalue weighted by molar-refractivity contribution is 6.35. The van der Waals surface area contributed by atoms with E-state index in [4.69, 9.17) is 34.8 Å². The van der Waals surface area contributed by atoms with E-state index in [0.29, 0.717) is 15.6 Å². The van der Waals surface area contributed by atoms with Gasteiger partial charge in [-0.05, 0) is 29.8 Å². The number of nitro groups is 1. The fourth-order valence-electron chi connectivity index (χ4n) is 2.02. The molecular formula is C15H11Cl3N2O3. The molecule has 0 heterocycles. The number of halogens is 3. The molecular weight excluding hydrogens is 363 g/mol. The van der Waals surface area contributed by atoms with Crippen molar-refractivity contribution in [1.82, 2.24) is 4.90 Å². The Morgan fingerprint density at radius 1 is 1.13 bits per heavy atom. The number of carbonyl (C=O) groups is 1. The fraction of sp³-hybridized carbons (Fsp3) is 0.133. The molecule has 0 saturated heterocycles. The first kappa shape index (κ1) is 17.5. The zero-order chi connectivity index (χ0) is 17.1. The molecule has 2 rings (SSSR count). The molecule has 120 valence electrons. The van der Waals surface area contributed by atoms with Gasteiger partial charge in [-0.2, -0.15) is 0 Å². The maximum Gasteiger partial charge on any atom is 0.283 e. The van der Waals surface area contributed by atoms with Crippen molar-refractivity contribution in [2.75, 3.05) is 7.05 Å². The minimum atomic E-state index is -0.637. The predicted octanol–water partition coefficient (Wildman–Crippen LogP) is 4.83. The van der Waals surface area contributed by atoms with Crippen LogP contribution in [0.5, 0.6) is 0 Å². The average molecular weight is 374 g/mol. The number of carbonyl (C=O) groups excluding carboxylic acids is 1. The lowest BCUT2D eigenvalue weighted by atomic mass is 10.1. The van der Waals surface area contributed by atoms with Crippen LogP contribution in [-0.4, -0.2) is 22.8 Å². The van der Waals surface area contributed by atoms with Gasteiger partial charge in [0.1, 0.15) is 5.56 Å². The summed E-state index contributed by atoms with van der Waals surface area (Å²) in [6.45, 7) is 0.189. The Morgan fingerprint density at radius 2 is 1.74 bits per heavy atom. The van der Waals surface area contributed by atoms with Gasteiger partial charge in [0.25, 0.3) is 11.6 Å². The Balaban J connectivity index is 2.28. The molecule has 8 heteroatoms. The molecule has 23 heavy (non-hydrogen) atoms. The van der Waals surface area contributed by atoms with Crippen LogP contribution < -0.4 is 0 Å². The van der Waals surface area contributed by atoms with Gasteiger partial charge in [0.2, 0.25) is 0 Å². The third kappa shape index (κ3) is 4.13. The summed E-state index contributed by atoms with van der Waals surface area (Å²) in [5, 5.41) is 12.2. The molecule has 5 nitrogen and oxygen atoms in total. The molecule has 0 aliphatic heterocycles. The monoisotopic (exact) mass is 372 g/mol. The number of amides is 1. The first-order valence-electron chi connectivity index (χ1n) is 6.43. The van der Waals surface area contributed by atoms with Gasteiger partial charge in [0, 0.05) is 34.7 Å². The Labute approximate surface area is 147 Å². The summed E-state index contributed by atoms with van der Waals surface area (Å²) in [5.41, 5.74) is 0.312. The van der Waals surface area contributed by atoms with Gasteiger partial charge < -0.3 is 4.90 Å². The van der Waals surface area contributed by atoms with E-state index in [0.717, 1.165) is 6.07 Å². The van der Waals surface area contributed by atoms with Crippen LogP contribution in [0.25, 0.3) is 0 Å². The maximum atomic E-state index is 12.5. The van der Waals surface area contributed by atoms with Crippen LogP contribution in [0.2, 0.25) is 15.1 Å². The molecule has 0 radical (unpaired) electrons. The molecule has 0 bridgehead atoms. The summed E-state index contributed by atoms with van der Waals surface area (Å²) >= 11 is 17.7. The Hall–Kier alpha value is -1.82. The van der Waals surface area contributed by atoms with Gasteiger partial charge in [-0.15, -0.1) is 0 Å². The molecule has 0 spiro atoms. The largest absolute Gasteiger partial charge is 0.337 e. The van der Waals surface area contributed by atoms with Crippen molar-refractivity contribution in [3.8, 4) is 0 Å². The van der Waals surface area contributed by atoms with E-state index < -0.39 is 10.8 Å². The summed E-state index contributed by atoms with van der Waals surface area (Å²) in [7, 11) is 1.53. The van der Waals surface area contributed by atoms with Crippen molar-refractivity contribution in [2.24, 2.45) is 0 Å². The molecule has 0 aliphatic carbocycles. The van der Waals surface area contributed by atoms with E-state index in [1.54, 1.807) is 18.2 Å².